The molecular weight excluding hydrogens is 318 g/mol. The van der Waals surface area contributed by atoms with E-state index in [-0.39, 0.29) is 12.1 Å². The van der Waals surface area contributed by atoms with Gasteiger partial charge in [0.2, 0.25) is 0 Å². The number of carbonyl (C=O) groups is 1. The molecule has 0 fully saturated rings. The molecule has 0 bridgehead atoms. The summed E-state index contributed by atoms with van der Waals surface area (Å²) >= 11 is 0. The molecule has 0 aliphatic rings. The smallest absolute Gasteiger partial charge is 0.303 e. The maximum absolute atomic E-state index is 11.3. The lowest BCUT2D eigenvalue weighted by atomic mass is 10.0. The van der Waals surface area contributed by atoms with Crippen molar-refractivity contribution in [3.05, 3.63) is 54.1 Å². The molecule has 0 spiro atoms. The van der Waals surface area contributed by atoms with Crippen LogP contribution in [0, 0.1) is 0 Å². The third-order valence-electron chi connectivity index (χ3n) is 3.79. The number of hydrogen-bond acceptors (Lipinski definition) is 5. The molecule has 5 nitrogen and oxygen atoms in total. The predicted molar refractivity (Wildman–Crippen MR) is 97.7 cm³/mol. The van der Waals surface area contributed by atoms with Crippen LogP contribution in [-0.2, 0) is 9.53 Å². The highest BCUT2D eigenvalue weighted by Gasteiger charge is 2.14. The predicted octanol–water partition coefficient (Wildman–Crippen LogP) is 4.13. The van der Waals surface area contributed by atoms with Gasteiger partial charge in [0, 0.05) is 18.7 Å². The zero-order valence-electron chi connectivity index (χ0n) is 14.7. The first-order valence-electron chi connectivity index (χ1n) is 8.38. The standard InChI is InChI=1S/C20H25NO4/c1-15(22)25-18(16-8-4-3-5-9-16)10-6-7-13-24-19-12-11-17(21)14-20(19)23-2/h3-5,8-9,11-12,14,18H,6-7,10,13,21H2,1-2H3. The Balaban J connectivity index is 1.81. The first-order valence-corrected chi connectivity index (χ1v) is 8.38. The molecule has 0 radical (unpaired) electrons. The van der Waals surface area contributed by atoms with Gasteiger partial charge in [0.25, 0.3) is 0 Å². The second-order valence-corrected chi connectivity index (χ2v) is 5.76. The molecule has 2 rings (SSSR count). The van der Waals surface area contributed by atoms with Crippen molar-refractivity contribution in [2.24, 2.45) is 0 Å². The average molecular weight is 343 g/mol. The van der Waals surface area contributed by atoms with E-state index >= 15 is 0 Å². The number of methoxy groups -OCH3 is 1. The number of carbonyl (C=O) groups excluding carboxylic acids is 1. The summed E-state index contributed by atoms with van der Waals surface area (Å²) in [6.45, 7) is 1.99. The van der Waals surface area contributed by atoms with Gasteiger partial charge in [-0.2, -0.15) is 0 Å². The van der Waals surface area contributed by atoms with Crippen LogP contribution in [0.1, 0.15) is 37.9 Å². The maximum atomic E-state index is 11.3. The van der Waals surface area contributed by atoms with E-state index in [2.05, 4.69) is 0 Å². The first-order chi connectivity index (χ1) is 12.1. The molecular formula is C20H25NO4. The van der Waals surface area contributed by atoms with Gasteiger partial charge in [0.1, 0.15) is 6.10 Å². The summed E-state index contributed by atoms with van der Waals surface area (Å²) < 4.78 is 16.5. The Morgan fingerprint density at radius 1 is 1.08 bits per heavy atom. The maximum Gasteiger partial charge on any atom is 0.303 e. The normalized spacial score (nSPS) is 11.6. The molecule has 0 heterocycles. The van der Waals surface area contributed by atoms with E-state index in [4.69, 9.17) is 19.9 Å². The SMILES string of the molecule is COc1cc(N)ccc1OCCCCC(OC(C)=O)c1ccccc1. The van der Waals surface area contributed by atoms with Crippen molar-refractivity contribution in [1.29, 1.82) is 0 Å². The van der Waals surface area contributed by atoms with Crippen LogP contribution in [-0.4, -0.2) is 19.7 Å². The van der Waals surface area contributed by atoms with E-state index in [1.807, 2.05) is 30.3 Å². The van der Waals surface area contributed by atoms with Gasteiger partial charge in [-0.05, 0) is 37.0 Å². The number of unbranched alkanes of at least 4 members (excludes halogenated alkanes) is 1. The Hall–Kier alpha value is -2.69. The lowest BCUT2D eigenvalue weighted by molar-refractivity contribution is -0.147. The minimum absolute atomic E-state index is 0.218. The Morgan fingerprint density at radius 2 is 1.84 bits per heavy atom. The van der Waals surface area contributed by atoms with Crippen molar-refractivity contribution < 1.29 is 19.0 Å². The molecule has 2 aromatic carbocycles. The van der Waals surface area contributed by atoms with Gasteiger partial charge in [-0.25, -0.2) is 0 Å². The number of anilines is 1. The topological polar surface area (TPSA) is 70.8 Å². The van der Waals surface area contributed by atoms with Crippen molar-refractivity contribution >= 4 is 11.7 Å². The highest BCUT2D eigenvalue weighted by molar-refractivity contribution is 5.66. The van der Waals surface area contributed by atoms with Crippen LogP contribution in [0.2, 0.25) is 0 Å². The summed E-state index contributed by atoms with van der Waals surface area (Å²) in [6.07, 6.45) is 2.26. The van der Waals surface area contributed by atoms with Crippen molar-refractivity contribution in [2.45, 2.75) is 32.3 Å². The van der Waals surface area contributed by atoms with Crippen molar-refractivity contribution in [2.75, 3.05) is 19.5 Å². The van der Waals surface area contributed by atoms with Gasteiger partial charge in [-0.1, -0.05) is 30.3 Å². The highest BCUT2D eigenvalue weighted by Crippen LogP contribution is 2.29. The summed E-state index contributed by atoms with van der Waals surface area (Å²) in [4.78, 5) is 11.3. The van der Waals surface area contributed by atoms with Crippen LogP contribution in [0.15, 0.2) is 48.5 Å². The second-order valence-electron chi connectivity index (χ2n) is 5.76. The first kappa shape index (κ1) is 18.6. The lowest BCUT2D eigenvalue weighted by Crippen LogP contribution is -2.09. The molecule has 1 unspecified atom stereocenters. The zero-order valence-corrected chi connectivity index (χ0v) is 14.7. The molecule has 25 heavy (non-hydrogen) atoms. The molecule has 0 amide bonds. The van der Waals surface area contributed by atoms with Crippen LogP contribution in [0.4, 0.5) is 5.69 Å². The van der Waals surface area contributed by atoms with Gasteiger partial charge < -0.3 is 19.9 Å². The Bertz CT molecular complexity index is 673. The molecule has 1 atom stereocenters. The summed E-state index contributed by atoms with van der Waals surface area (Å²) in [7, 11) is 1.59. The van der Waals surface area contributed by atoms with Gasteiger partial charge in [0.05, 0.1) is 13.7 Å². The monoisotopic (exact) mass is 343 g/mol. The van der Waals surface area contributed by atoms with Crippen LogP contribution in [0.25, 0.3) is 0 Å². The van der Waals surface area contributed by atoms with Gasteiger partial charge >= 0.3 is 5.97 Å². The lowest BCUT2D eigenvalue weighted by Gasteiger charge is -2.17. The minimum atomic E-state index is -0.267. The Morgan fingerprint density at radius 3 is 2.52 bits per heavy atom. The number of hydrogen-bond donors (Lipinski definition) is 1. The number of ether oxygens (including phenoxy) is 3. The molecule has 0 aromatic heterocycles. The van der Waals surface area contributed by atoms with E-state index in [9.17, 15) is 4.79 Å². The molecule has 2 N–H and O–H groups in total. The molecule has 0 aliphatic carbocycles. The summed E-state index contributed by atoms with van der Waals surface area (Å²) in [5.74, 6) is 1.04. The van der Waals surface area contributed by atoms with Crippen LogP contribution >= 0.6 is 0 Å². The van der Waals surface area contributed by atoms with Crippen LogP contribution in [0.5, 0.6) is 11.5 Å². The molecule has 2 aromatic rings. The van der Waals surface area contributed by atoms with Gasteiger partial charge in [-0.3, -0.25) is 4.79 Å². The number of esters is 1. The molecule has 5 heteroatoms. The minimum Gasteiger partial charge on any atom is -0.493 e. The van der Waals surface area contributed by atoms with Gasteiger partial charge in [-0.15, -0.1) is 0 Å². The second kappa shape index (κ2) is 9.57. The number of benzene rings is 2. The van der Waals surface area contributed by atoms with Crippen molar-refractivity contribution in [3.8, 4) is 11.5 Å². The molecule has 0 aliphatic heterocycles. The van der Waals surface area contributed by atoms with Gasteiger partial charge in [0.15, 0.2) is 11.5 Å². The largest absolute Gasteiger partial charge is 0.493 e. The van der Waals surface area contributed by atoms with Crippen molar-refractivity contribution in [1.82, 2.24) is 0 Å². The fourth-order valence-electron chi connectivity index (χ4n) is 2.58. The summed E-state index contributed by atoms with van der Waals surface area (Å²) in [6, 6.07) is 15.1. The Labute approximate surface area is 148 Å². The van der Waals surface area contributed by atoms with Crippen LogP contribution in [0.3, 0.4) is 0 Å². The third kappa shape index (κ3) is 6.03. The molecule has 134 valence electrons. The zero-order chi connectivity index (χ0) is 18.1. The number of nitrogens with two attached hydrogens (primary N) is 1. The number of nitrogen functional groups attached to an aromatic ring is 1. The van der Waals surface area contributed by atoms with Crippen molar-refractivity contribution in [3.63, 3.8) is 0 Å². The molecule has 0 saturated carbocycles. The fourth-order valence-corrected chi connectivity index (χ4v) is 2.58. The average Bonchev–Trinajstić information content (AvgIpc) is 2.61. The fraction of sp³-hybridized carbons (Fsp3) is 0.350. The van der Waals surface area contributed by atoms with Crippen LogP contribution < -0.4 is 15.2 Å². The van der Waals surface area contributed by atoms with E-state index in [1.165, 1.54) is 6.92 Å². The molecule has 0 saturated heterocycles. The summed E-state index contributed by atoms with van der Waals surface area (Å²) in [5, 5.41) is 0. The summed E-state index contributed by atoms with van der Waals surface area (Å²) in [5.41, 5.74) is 7.38. The Kier molecular flexibility index (Phi) is 7.14. The van der Waals surface area contributed by atoms with E-state index in [1.54, 1.807) is 25.3 Å². The van der Waals surface area contributed by atoms with E-state index in [0.29, 0.717) is 23.8 Å². The van der Waals surface area contributed by atoms with E-state index in [0.717, 1.165) is 24.8 Å². The quantitative estimate of drug-likeness (QED) is 0.421. The number of rotatable bonds is 9. The van der Waals surface area contributed by atoms with E-state index < -0.39 is 0 Å². The third-order valence-corrected chi connectivity index (χ3v) is 3.79. The highest BCUT2D eigenvalue weighted by atomic mass is 16.5.